The van der Waals surface area contributed by atoms with E-state index in [9.17, 15) is 45.6 Å². The molecule has 2 aromatic carbocycles. The molecule has 0 spiro atoms. The zero-order valence-electron chi connectivity index (χ0n) is 23.3. The summed E-state index contributed by atoms with van der Waals surface area (Å²) >= 11 is 0. The topological polar surface area (TPSA) is 204 Å². The Hall–Kier alpha value is -2.69. The molecule has 0 radical (unpaired) electrons. The van der Waals surface area contributed by atoms with Crippen LogP contribution in [0.4, 0.5) is 11.4 Å². The van der Waals surface area contributed by atoms with Gasteiger partial charge >= 0.3 is 0 Å². The van der Waals surface area contributed by atoms with Crippen molar-refractivity contribution >= 4 is 17.2 Å². The molecular formula is C28H42N2O11. The number of carbonyl (C=O) groups is 1. The summed E-state index contributed by atoms with van der Waals surface area (Å²) in [7, 11) is 2.64. The molecule has 0 aliphatic heterocycles. The molecule has 0 aliphatic rings. The van der Waals surface area contributed by atoms with Gasteiger partial charge in [-0.1, -0.05) is 12.1 Å². The second-order valence-corrected chi connectivity index (χ2v) is 9.60. The Balaban J connectivity index is 2.36. The lowest BCUT2D eigenvalue weighted by Gasteiger charge is -2.32. The maximum atomic E-state index is 13.7. The van der Waals surface area contributed by atoms with E-state index in [4.69, 9.17) is 9.47 Å². The molecule has 0 fully saturated rings. The van der Waals surface area contributed by atoms with Gasteiger partial charge in [0.05, 0.1) is 50.8 Å². The summed E-state index contributed by atoms with van der Waals surface area (Å²) in [4.78, 5) is 16.9. The van der Waals surface area contributed by atoms with Gasteiger partial charge in [0.15, 0.2) is 0 Å². The van der Waals surface area contributed by atoms with Crippen molar-refractivity contribution < 1.29 is 55.1 Å². The number of anilines is 2. The smallest absolute Gasteiger partial charge is 0.260 e. The lowest BCUT2D eigenvalue weighted by molar-refractivity contribution is -0.176. The fraction of sp³-hybridized carbons (Fsp3) is 0.536. The van der Waals surface area contributed by atoms with Gasteiger partial charge in [0.2, 0.25) is 5.78 Å². The summed E-state index contributed by atoms with van der Waals surface area (Å²) in [5.41, 5.74) is 1.65. The van der Waals surface area contributed by atoms with E-state index >= 15 is 0 Å². The van der Waals surface area contributed by atoms with Crippen LogP contribution < -0.4 is 9.80 Å². The van der Waals surface area contributed by atoms with Gasteiger partial charge in [-0.2, -0.15) is 0 Å². The predicted molar refractivity (Wildman–Crippen MR) is 150 cm³/mol. The van der Waals surface area contributed by atoms with Crippen molar-refractivity contribution in [1.82, 2.24) is 0 Å². The molecule has 0 amide bonds. The fourth-order valence-corrected chi connectivity index (χ4v) is 4.36. The van der Waals surface area contributed by atoms with Crippen LogP contribution in [0.2, 0.25) is 0 Å². The van der Waals surface area contributed by atoms with E-state index in [0.717, 1.165) is 0 Å². The van der Waals surface area contributed by atoms with Crippen molar-refractivity contribution in [3.8, 4) is 0 Å². The number of methoxy groups -OCH3 is 2. The van der Waals surface area contributed by atoms with Crippen LogP contribution in [0.25, 0.3) is 0 Å². The summed E-state index contributed by atoms with van der Waals surface area (Å²) in [6, 6.07) is 12.7. The molecule has 8 N–H and O–H groups in total. The predicted octanol–water partition coefficient (Wildman–Crippen LogP) is -1.96. The third kappa shape index (κ3) is 9.15. The molecule has 4 atom stereocenters. The Bertz CT molecular complexity index is 1010. The number of nitrogens with zero attached hydrogens (tertiary/aromatic N) is 2. The number of ketones is 1. The molecule has 2 rings (SSSR count). The molecule has 4 unspecified atom stereocenters. The third-order valence-electron chi connectivity index (χ3n) is 6.55. The standard InChI is InChI=1S/C28H42N2O11/c1-40-28(41-2,20-5-9-22(10-6-20)30(13-25(37)17-33)14-26(38)18-34)27(39)19-3-7-21(8-4-19)29(11-23(35)15-31)12-24(36)16-32/h3-10,23-26,31-38H,11-18H2,1-2H3. The lowest BCUT2D eigenvalue weighted by Crippen LogP contribution is -2.41. The van der Waals surface area contributed by atoms with E-state index in [1.165, 1.54) is 26.4 Å². The number of Topliss-reactive ketones (excluding diaryl/α,β-unsaturated/α-hetero) is 1. The van der Waals surface area contributed by atoms with Crippen molar-refractivity contribution in [2.24, 2.45) is 0 Å². The first-order valence-electron chi connectivity index (χ1n) is 13.1. The van der Waals surface area contributed by atoms with E-state index in [0.29, 0.717) is 16.9 Å². The van der Waals surface area contributed by atoms with Crippen LogP contribution >= 0.6 is 0 Å². The second-order valence-electron chi connectivity index (χ2n) is 9.60. The van der Waals surface area contributed by atoms with Gasteiger partial charge in [0.25, 0.3) is 5.79 Å². The third-order valence-corrected chi connectivity index (χ3v) is 6.55. The van der Waals surface area contributed by atoms with Crippen molar-refractivity contribution in [1.29, 1.82) is 0 Å². The molecule has 13 heteroatoms. The SMILES string of the molecule is COC(OC)(C(=O)c1ccc(N(CC(O)CO)CC(O)CO)cc1)c1ccc(N(CC(O)CO)CC(O)CO)cc1. The molecule has 0 aromatic heterocycles. The molecule has 0 aliphatic carbocycles. The van der Waals surface area contributed by atoms with Crippen molar-refractivity contribution in [3.63, 3.8) is 0 Å². The number of hydrogen-bond donors (Lipinski definition) is 8. The van der Waals surface area contributed by atoms with Crippen LogP contribution in [0.5, 0.6) is 0 Å². The van der Waals surface area contributed by atoms with E-state index in [1.807, 2.05) is 0 Å². The highest BCUT2D eigenvalue weighted by molar-refractivity contribution is 6.02. The van der Waals surface area contributed by atoms with Crippen LogP contribution in [0.15, 0.2) is 48.5 Å². The van der Waals surface area contributed by atoms with Gasteiger partial charge in [-0.05, 0) is 36.4 Å². The summed E-state index contributed by atoms with van der Waals surface area (Å²) < 4.78 is 11.2. The molecule has 230 valence electrons. The Morgan fingerprint density at radius 1 is 0.634 bits per heavy atom. The molecular weight excluding hydrogens is 540 g/mol. The van der Waals surface area contributed by atoms with Crippen LogP contribution in [-0.2, 0) is 15.3 Å². The number of rotatable bonds is 19. The first-order valence-corrected chi connectivity index (χ1v) is 13.1. The molecule has 0 heterocycles. The number of carbonyl (C=O) groups excluding carboxylic acids is 1. The summed E-state index contributed by atoms with van der Waals surface area (Å²) in [5.74, 6) is -2.36. The zero-order chi connectivity index (χ0) is 30.6. The average molecular weight is 583 g/mol. The number of hydrogen-bond acceptors (Lipinski definition) is 13. The largest absolute Gasteiger partial charge is 0.394 e. The van der Waals surface area contributed by atoms with Crippen LogP contribution in [-0.4, -0.2) is 138 Å². The quantitative estimate of drug-likeness (QED) is 0.0670. The monoisotopic (exact) mass is 582 g/mol. The number of aliphatic hydroxyl groups is 8. The lowest BCUT2D eigenvalue weighted by atomic mass is 9.95. The van der Waals surface area contributed by atoms with Crippen molar-refractivity contribution in [2.45, 2.75) is 30.2 Å². The molecule has 2 aromatic rings. The Morgan fingerprint density at radius 2 is 0.951 bits per heavy atom. The average Bonchev–Trinajstić information content (AvgIpc) is 3.01. The highest BCUT2D eigenvalue weighted by atomic mass is 16.7. The van der Waals surface area contributed by atoms with Gasteiger partial charge in [-0.25, -0.2) is 0 Å². The van der Waals surface area contributed by atoms with Gasteiger partial charge in [-0.15, -0.1) is 0 Å². The zero-order valence-corrected chi connectivity index (χ0v) is 23.3. The van der Waals surface area contributed by atoms with E-state index in [2.05, 4.69) is 0 Å². The maximum absolute atomic E-state index is 13.7. The van der Waals surface area contributed by atoms with Crippen molar-refractivity contribution in [3.05, 3.63) is 59.7 Å². The van der Waals surface area contributed by atoms with Crippen molar-refractivity contribution in [2.75, 3.05) is 76.6 Å². The fourth-order valence-electron chi connectivity index (χ4n) is 4.36. The van der Waals surface area contributed by atoms with Crippen LogP contribution in [0.1, 0.15) is 15.9 Å². The normalized spacial score (nSPS) is 14.8. The Kier molecular flexibility index (Phi) is 14.0. The first-order chi connectivity index (χ1) is 19.6. The summed E-state index contributed by atoms with van der Waals surface area (Å²) in [6.07, 6.45) is -4.35. The molecule has 0 saturated carbocycles. The van der Waals surface area contributed by atoms with E-state index < -0.39 is 62.4 Å². The van der Waals surface area contributed by atoms with E-state index in [1.54, 1.807) is 46.2 Å². The van der Waals surface area contributed by atoms with Gasteiger partial charge in [0.1, 0.15) is 0 Å². The second kappa shape index (κ2) is 16.7. The maximum Gasteiger partial charge on any atom is 0.260 e. The molecule has 13 nitrogen and oxygen atoms in total. The minimum absolute atomic E-state index is 0.0143. The first kappa shape index (κ1) is 34.5. The highest BCUT2D eigenvalue weighted by Gasteiger charge is 2.41. The number of benzene rings is 2. The Morgan fingerprint density at radius 3 is 1.24 bits per heavy atom. The van der Waals surface area contributed by atoms with Gasteiger partial charge < -0.3 is 60.1 Å². The molecule has 0 bridgehead atoms. The Labute approximate surface area is 239 Å². The van der Waals surface area contributed by atoms with Crippen LogP contribution in [0, 0.1) is 0 Å². The number of ether oxygens (including phenoxy) is 2. The van der Waals surface area contributed by atoms with Gasteiger partial charge in [-0.3, -0.25) is 4.79 Å². The minimum atomic E-state index is -1.83. The summed E-state index contributed by atoms with van der Waals surface area (Å²) in [5, 5.41) is 76.6. The summed E-state index contributed by atoms with van der Waals surface area (Å²) in [6.45, 7) is -2.03. The van der Waals surface area contributed by atoms with E-state index in [-0.39, 0.29) is 31.7 Å². The highest BCUT2D eigenvalue weighted by Crippen LogP contribution is 2.32. The van der Waals surface area contributed by atoms with Crippen LogP contribution in [0.3, 0.4) is 0 Å². The van der Waals surface area contributed by atoms with Gasteiger partial charge in [0, 0.05) is 62.9 Å². The molecule has 41 heavy (non-hydrogen) atoms. The molecule has 0 saturated heterocycles. The minimum Gasteiger partial charge on any atom is -0.394 e. The number of aliphatic hydroxyl groups excluding tert-OH is 8.